The molecule has 0 aliphatic rings. The van der Waals surface area contributed by atoms with Crippen molar-refractivity contribution in [2.24, 2.45) is 10.4 Å². The normalized spacial score (nSPS) is 12.3. The van der Waals surface area contributed by atoms with Crippen LogP contribution in [0.25, 0.3) is 0 Å². The summed E-state index contributed by atoms with van der Waals surface area (Å²) >= 11 is 0. The van der Waals surface area contributed by atoms with Gasteiger partial charge in [-0.05, 0) is 32.4 Å². The van der Waals surface area contributed by atoms with Crippen molar-refractivity contribution >= 4 is 5.96 Å². The van der Waals surface area contributed by atoms with Crippen LogP contribution in [-0.4, -0.2) is 57.8 Å². The second-order valence-electron chi connectivity index (χ2n) is 6.49. The molecule has 0 aromatic heterocycles. The Balaban J connectivity index is 3.74. The summed E-state index contributed by atoms with van der Waals surface area (Å²) in [4.78, 5) is 5.82. The number of ether oxygens (including phenoxy) is 1. The Bertz CT molecular complexity index is 328. The fourth-order valence-electron chi connectivity index (χ4n) is 1.61. The van der Waals surface area contributed by atoms with Crippen LogP contribution in [0.3, 0.4) is 0 Å². The molecule has 0 aliphatic heterocycles. The Morgan fingerprint density at radius 3 is 2.43 bits per heavy atom. The van der Waals surface area contributed by atoms with Gasteiger partial charge in [-0.1, -0.05) is 20.8 Å². The van der Waals surface area contributed by atoms with E-state index in [1.165, 1.54) is 0 Å². The van der Waals surface area contributed by atoms with E-state index < -0.39 is 0 Å². The standard InChI is InChI=1S/C15H31N5O/c1-15(2,3)7-6-8-17-14(19-13-16)18-9-11-21-12-10-20(4)5/h6-12H2,1-5H3,(H2,17,18,19). The Hall–Kier alpha value is -1.32. The van der Waals surface area contributed by atoms with E-state index >= 15 is 0 Å². The minimum absolute atomic E-state index is 0.335. The molecule has 0 aromatic carbocycles. The lowest BCUT2D eigenvalue weighted by molar-refractivity contribution is 0.121. The average Bonchev–Trinajstić information content (AvgIpc) is 2.37. The van der Waals surface area contributed by atoms with E-state index in [4.69, 9.17) is 10.00 Å². The summed E-state index contributed by atoms with van der Waals surface area (Å²) < 4.78 is 5.47. The first kappa shape index (κ1) is 19.7. The van der Waals surface area contributed by atoms with E-state index in [9.17, 15) is 0 Å². The number of hydrogen-bond acceptors (Lipinski definition) is 4. The lowest BCUT2D eigenvalue weighted by atomic mass is 9.91. The van der Waals surface area contributed by atoms with Crippen molar-refractivity contribution < 1.29 is 4.74 Å². The largest absolute Gasteiger partial charge is 0.378 e. The number of aliphatic imine (C=N–C) groups is 1. The van der Waals surface area contributed by atoms with Gasteiger partial charge in [0.25, 0.3) is 0 Å². The highest BCUT2D eigenvalue weighted by molar-refractivity contribution is 5.80. The summed E-state index contributed by atoms with van der Waals surface area (Å²) in [7, 11) is 4.03. The van der Waals surface area contributed by atoms with Gasteiger partial charge in [-0.25, -0.2) is 0 Å². The van der Waals surface area contributed by atoms with Crippen LogP contribution < -0.4 is 10.6 Å². The molecule has 0 aliphatic carbocycles. The molecule has 0 unspecified atom stereocenters. The molecular weight excluding hydrogens is 266 g/mol. The minimum atomic E-state index is 0.335. The third kappa shape index (κ3) is 14.9. The van der Waals surface area contributed by atoms with E-state index in [1.54, 1.807) is 0 Å². The van der Waals surface area contributed by atoms with E-state index in [2.05, 4.69) is 41.3 Å². The van der Waals surface area contributed by atoms with E-state index in [1.807, 2.05) is 20.3 Å². The maximum atomic E-state index is 8.67. The lowest BCUT2D eigenvalue weighted by Crippen LogP contribution is -2.39. The molecule has 6 nitrogen and oxygen atoms in total. The van der Waals surface area contributed by atoms with E-state index in [0.717, 1.165) is 25.9 Å². The summed E-state index contributed by atoms with van der Waals surface area (Å²) in [5.41, 5.74) is 0.335. The van der Waals surface area contributed by atoms with Crippen LogP contribution in [0.1, 0.15) is 33.6 Å². The molecule has 0 heterocycles. The van der Waals surface area contributed by atoms with Crippen molar-refractivity contribution in [3.05, 3.63) is 0 Å². The Morgan fingerprint density at radius 1 is 1.19 bits per heavy atom. The van der Waals surface area contributed by atoms with Gasteiger partial charge >= 0.3 is 0 Å². The summed E-state index contributed by atoms with van der Waals surface area (Å²) in [6.45, 7) is 10.3. The number of rotatable bonds is 9. The average molecular weight is 297 g/mol. The molecule has 122 valence electrons. The topological polar surface area (TPSA) is 72.7 Å². The molecule has 21 heavy (non-hydrogen) atoms. The monoisotopic (exact) mass is 297 g/mol. The van der Waals surface area contributed by atoms with Gasteiger partial charge in [0.05, 0.1) is 13.2 Å². The van der Waals surface area contributed by atoms with Crippen molar-refractivity contribution in [2.45, 2.75) is 33.6 Å². The van der Waals surface area contributed by atoms with Crippen LogP contribution in [0.2, 0.25) is 0 Å². The molecule has 0 atom stereocenters. The number of likely N-dealkylation sites (N-methyl/N-ethyl adjacent to an activating group) is 1. The maximum Gasteiger partial charge on any atom is 0.209 e. The molecule has 0 rings (SSSR count). The molecule has 2 N–H and O–H groups in total. The summed E-state index contributed by atoms with van der Waals surface area (Å²) in [6.07, 6.45) is 3.99. The maximum absolute atomic E-state index is 8.67. The second kappa shape index (κ2) is 11.4. The molecule has 0 radical (unpaired) electrons. The molecule has 0 bridgehead atoms. The Kier molecular flexibility index (Phi) is 10.6. The Labute approximate surface area is 129 Å². The zero-order valence-corrected chi connectivity index (χ0v) is 14.2. The molecular formula is C15H31N5O. The zero-order chi connectivity index (χ0) is 16.1. The van der Waals surface area contributed by atoms with Crippen LogP contribution in [0.4, 0.5) is 0 Å². The Morgan fingerprint density at radius 2 is 1.86 bits per heavy atom. The zero-order valence-electron chi connectivity index (χ0n) is 14.2. The number of nitrogens with one attached hydrogen (secondary N) is 2. The van der Waals surface area contributed by atoms with Gasteiger partial charge in [-0.2, -0.15) is 5.26 Å². The summed E-state index contributed by atoms with van der Waals surface area (Å²) in [5, 5.41) is 14.9. The van der Waals surface area contributed by atoms with Gasteiger partial charge in [-0.15, -0.1) is 4.99 Å². The highest BCUT2D eigenvalue weighted by Gasteiger charge is 2.09. The molecule has 6 heteroatoms. The molecule has 0 spiro atoms. The molecule has 0 saturated carbocycles. The quantitative estimate of drug-likeness (QED) is 0.291. The number of nitrogens with zero attached hydrogens (tertiary/aromatic N) is 3. The fraction of sp³-hybridized carbons (Fsp3) is 0.867. The van der Waals surface area contributed by atoms with Crippen LogP contribution in [0, 0.1) is 16.9 Å². The highest BCUT2D eigenvalue weighted by Crippen LogP contribution is 2.19. The lowest BCUT2D eigenvalue weighted by Gasteiger charge is -2.18. The predicted octanol–water partition coefficient (Wildman–Crippen LogP) is 1.41. The van der Waals surface area contributed by atoms with Crippen molar-refractivity contribution in [2.75, 3.05) is 46.9 Å². The number of hydrogen-bond donors (Lipinski definition) is 2. The first-order valence-corrected chi connectivity index (χ1v) is 7.52. The van der Waals surface area contributed by atoms with Gasteiger partial charge in [0.15, 0.2) is 0 Å². The van der Waals surface area contributed by atoms with Gasteiger partial charge in [0.1, 0.15) is 0 Å². The third-order valence-electron chi connectivity index (χ3n) is 2.78. The summed E-state index contributed by atoms with van der Waals surface area (Å²) in [6, 6.07) is 0. The van der Waals surface area contributed by atoms with Crippen molar-refractivity contribution in [1.82, 2.24) is 15.5 Å². The first-order valence-electron chi connectivity index (χ1n) is 7.52. The van der Waals surface area contributed by atoms with Gasteiger partial charge in [-0.3, -0.25) is 0 Å². The van der Waals surface area contributed by atoms with Crippen molar-refractivity contribution in [3.8, 4) is 6.19 Å². The number of guanidine groups is 1. The molecule has 0 amide bonds. The molecule has 0 saturated heterocycles. The third-order valence-corrected chi connectivity index (χ3v) is 2.78. The second-order valence-corrected chi connectivity index (χ2v) is 6.49. The van der Waals surface area contributed by atoms with Crippen LogP contribution in [0.15, 0.2) is 4.99 Å². The van der Waals surface area contributed by atoms with Crippen LogP contribution in [0.5, 0.6) is 0 Å². The smallest absolute Gasteiger partial charge is 0.209 e. The molecule has 0 aromatic rings. The highest BCUT2D eigenvalue weighted by atomic mass is 16.5. The number of nitriles is 1. The summed E-state index contributed by atoms with van der Waals surface area (Å²) in [5.74, 6) is 0.530. The van der Waals surface area contributed by atoms with Crippen LogP contribution in [-0.2, 0) is 4.74 Å². The molecule has 0 fully saturated rings. The van der Waals surface area contributed by atoms with Crippen molar-refractivity contribution in [1.29, 1.82) is 5.26 Å². The fourth-order valence-corrected chi connectivity index (χ4v) is 1.61. The predicted molar refractivity (Wildman–Crippen MR) is 87.1 cm³/mol. The van der Waals surface area contributed by atoms with Crippen LogP contribution >= 0.6 is 0 Å². The van der Waals surface area contributed by atoms with Gasteiger partial charge in [0, 0.05) is 19.6 Å². The SMILES string of the molecule is CN(C)CCOCCN/C(=N\C#N)NCCCC(C)(C)C. The first-order chi connectivity index (χ1) is 9.85. The van der Waals surface area contributed by atoms with E-state index in [0.29, 0.717) is 31.1 Å². The van der Waals surface area contributed by atoms with E-state index in [-0.39, 0.29) is 0 Å². The van der Waals surface area contributed by atoms with Gasteiger partial charge < -0.3 is 20.3 Å². The minimum Gasteiger partial charge on any atom is -0.378 e. The van der Waals surface area contributed by atoms with Crippen molar-refractivity contribution in [3.63, 3.8) is 0 Å². The van der Waals surface area contributed by atoms with Gasteiger partial charge in [0.2, 0.25) is 12.2 Å².